The minimum absolute atomic E-state index is 0.0843. The zero-order valence-electron chi connectivity index (χ0n) is 17.0. The maximum absolute atomic E-state index is 12.3. The second-order valence-corrected chi connectivity index (χ2v) is 7.44. The van der Waals surface area contributed by atoms with Gasteiger partial charge in [0.15, 0.2) is 17.6 Å². The lowest BCUT2D eigenvalue weighted by Crippen LogP contribution is -2.35. The van der Waals surface area contributed by atoms with Gasteiger partial charge in [-0.05, 0) is 47.7 Å². The monoisotopic (exact) mass is 371 g/mol. The molecule has 0 unspecified atom stereocenters. The molecule has 2 aromatic rings. The summed E-state index contributed by atoms with van der Waals surface area (Å²) in [5.74, 6) is 1.79. The Bertz CT molecular complexity index is 763. The first-order valence-corrected chi connectivity index (χ1v) is 9.00. The summed E-state index contributed by atoms with van der Waals surface area (Å²) in [5, 5.41) is 2.88. The van der Waals surface area contributed by atoms with Crippen molar-refractivity contribution in [3.8, 4) is 17.2 Å². The predicted molar refractivity (Wildman–Crippen MR) is 107 cm³/mol. The first-order chi connectivity index (χ1) is 12.7. The topological polar surface area (TPSA) is 56.8 Å². The highest BCUT2D eigenvalue weighted by Gasteiger charge is 2.16. The van der Waals surface area contributed by atoms with Crippen LogP contribution in [0.1, 0.15) is 38.8 Å². The molecule has 146 valence electrons. The van der Waals surface area contributed by atoms with E-state index in [0.717, 1.165) is 5.56 Å². The normalized spacial score (nSPS) is 12.2. The van der Waals surface area contributed by atoms with Crippen molar-refractivity contribution in [3.63, 3.8) is 0 Å². The van der Waals surface area contributed by atoms with Crippen molar-refractivity contribution < 1.29 is 19.0 Å². The van der Waals surface area contributed by atoms with E-state index in [1.807, 2.05) is 42.5 Å². The summed E-state index contributed by atoms with van der Waals surface area (Å²) < 4.78 is 16.3. The van der Waals surface area contributed by atoms with Crippen LogP contribution in [0.4, 0.5) is 0 Å². The summed E-state index contributed by atoms with van der Waals surface area (Å²) in [7, 11) is 3.17. The second-order valence-electron chi connectivity index (χ2n) is 7.44. The number of hydrogen-bond donors (Lipinski definition) is 1. The molecular weight excluding hydrogens is 342 g/mol. The van der Waals surface area contributed by atoms with Gasteiger partial charge in [-0.25, -0.2) is 0 Å². The summed E-state index contributed by atoms with van der Waals surface area (Å²) in [6.07, 6.45) is -0.592. The van der Waals surface area contributed by atoms with Gasteiger partial charge in [0.05, 0.1) is 14.2 Å². The molecule has 2 aromatic carbocycles. The molecular formula is C22H29NO4. The van der Waals surface area contributed by atoms with Gasteiger partial charge in [-0.2, -0.15) is 0 Å². The molecule has 5 nitrogen and oxygen atoms in total. The average molecular weight is 371 g/mol. The van der Waals surface area contributed by atoms with Gasteiger partial charge in [0, 0.05) is 6.54 Å². The molecule has 1 N–H and O–H groups in total. The molecule has 0 heterocycles. The average Bonchev–Trinajstić information content (AvgIpc) is 2.65. The van der Waals surface area contributed by atoms with Gasteiger partial charge in [0.25, 0.3) is 5.91 Å². The van der Waals surface area contributed by atoms with Crippen molar-refractivity contribution in [3.05, 3.63) is 53.6 Å². The van der Waals surface area contributed by atoms with Crippen molar-refractivity contribution in [2.24, 2.45) is 0 Å². The third-order valence-corrected chi connectivity index (χ3v) is 4.32. The van der Waals surface area contributed by atoms with Crippen LogP contribution in [0.15, 0.2) is 42.5 Å². The van der Waals surface area contributed by atoms with Gasteiger partial charge in [0.2, 0.25) is 0 Å². The van der Waals surface area contributed by atoms with Crippen molar-refractivity contribution in [2.75, 3.05) is 14.2 Å². The van der Waals surface area contributed by atoms with Crippen LogP contribution >= 0.6 is 0 Å². The zero-order valence-corrected chi connectivity index (χ0v) is 17.0. The number of benzene rings is 2. The van der Waals surface area contributed by atoms with Gasteiger partial charge >= 0.3 is 0 Å². The molecule has 0 fully saturated rings. The summed E-state index contributed by atoms with van der Waals surface area (Å²) >= 11 is 0. The first-order valence-electron chi connectivity index (χ1n) is 9.00. The maximum Gasteiger partial charge on any atom is 0.261 e. The highest BCUT2D eigenvalue weighted by Crippen LogP contribution is 2.27. The molecule has 0 spiro atoms. The SMILES string of the molecule is COc1ccc(CNC(=O)[C@H](C)Oc2ccc(C(C)(C)C)cc2)cc1OC. The van der Waals surface area contributed by atoms with Gasteiger partial charge in [-0.3, -0.25) is 4.79 Å². The van der Waals surface area contributed by atoms with Crippen LogP contribution < -0.4 is 19.5 Å². The molecule has 27 heavy (non-hydrogen) atoms. The highest BCUT2D eigenvalue weighted by atomic mass is 16.5. The number of carbonyl (C=O) groups is 1. The molecule has 0 aliphatic rings. The Balaban J connectivity index is 1.92. The van der Waals surface area contributed by atoms with Crippen LogP contribution in [0, 0.1) is 0 Å². The fourth-order valence-electron chi connectivity index (χ4n) is 2.61. The molecule has 0 saturated heterocycles. The van der Waals surface area contributed by atoms with E-state index >= 15 is 0 Å². The number of hydrogen-bond acceptors (Lipinski definition) is 4. The molecule has 0 aromatic heterocycles. The molecule has 1 amide bonds. The van der Waals surface area contributed by atoms with E-state index < -0.39 is 6.10 Å². The minimum Gasteiger partial charge on any atom is -0.493 e. The number of ether oxygens (including phenoxy) is 3. The molecule has 2 rings (SSSR count). The van der Waals surface area contributed by atoms with E-state index in [4.69, 9.17) is 14.2 Å². The third-order valence-electron chi connectivity index (χ3n) is 4.32. The fraction of sp³-hybridized carbons (Fsp3) is 0.409. The Morgan fingerprint density at radius 1 is 1.00 bits per heavy atom. The first kappa shape index (κ1) is 20.6. The summed E-state index contributed by atoms with van der Waals surface area (Å²) in [6.45, 7) is 8.60. The molecule has 0 aliphatic carbocycles. The molecule has 5 heteroatoms. The Kier molecular flexibility index (Phi) is 6.72. The van der Waals surface area contributed by atoms with E-state index in [9.17, 15) is 4.79 Å². The third kappa shape index (κ3) is 5.64. The second kappa shape index (κ2) is 8.80. The summed E-state index contributed by atoms with van der Waals surface area (Å²) in [6, 6.07) is 13.4. The lowest BCUT2D eigenvalue weighted by molar-refractivity contribution is -0.127. The Morgan fingerprint density at radius 3 is 2.19 bits per heavy atom. The molecule has 0 bridgehead atoms. The van der Waals surface area contributed by atoms with Crippen LogP contribution in [0.3, 0.4) is 0 Å². The summed E-state index contributed by atoms with van der Waals surface area (Å²) in [5.41, 5.74) is 2.23. The largest absolute Gasteiger partial charge is 0.493 e. The number of carbonyl (C=O) groups excluding carboxylic acids is 1. The fourth-order valence-corrected chi connectivity index (χ4v) is 2.61. The predicted octanol–water partition coefficient (Wildman–Crippen LogP) is 4.09. The Hall–Kier alpha value is -2.69. The highest BCUT2D eigenvalue weighted by molar-refractivity contribution is 5.80. The molecule has 0 aliphatic heterocycles. The lowest BCUT2D eigenvalue weighted by Gasteiger charge is -2.20. The van der Waals surface area contributed by atoms with Crippen LogP contribution in [0.5, 0.6) is 17.2 Å². The minimum atomic E-state index is -0.592. The molecule has 0 saturated carbocycles. The van der Waals surface area contributed by atoms with Crippen LogP contribution in [0.25, 0.3) is 0 Å². The van der Waals surface area contributed by atoms with Crippen LogP contribution in [-0.4, -0.2) is 26.2 Å². The number of nitrogens with one attached hydrogen (secondary N) is 1. The van der Waals surface area contributed by atoms with Gasteiger partial charge in [-0.15, -0.1) is 0 Å². The van der Waals surface area contributed by atoms with E-state index in [1.165, 1.54) is 5.56 Å². The van der Waals surface area contributed by atoms with Gasteiger partial charge in [0.1, 0.15) is 5.75 Å². The zero-order chi connectivity index (χ0) is 20.0. The standard InChI is InChI=1S/C22H29NO4/c1-15(27-18-10-8-17(9-11-18)22(2,3)4)21(24)23-14-16-7-12-19(25-5)20(13-16)26-6/h7-13,15H,14H2,1-6H3,(H,23,24)/t15-/m0/s1. The maximum atomic E-state index is 12.3. The van der Waals surface area contributed by atoms with E-state index in [0.29, 0.717) is 23.8 Å². The van der Waals surface area contributed by atoms with Crippen LogP contribution in [0.2, 0.25) is 0 Å². The van der Waals surface area contributed by atoms with Gasteiger partial charge < -0.3 is 19.5 Å². The molecule has 0 radical (unpaired) electrons. The smallest absolute Gasteiger partial charge is 0.261 e. The number of methoxy groups -OCH3 is 2. The van der Waals surface area contributed by atoms with E-state index in [2.05, 4.69) is 26.1 Å². The molecule has 1 atom stereocenters. The number of amides is 1. The number of rotatable bonds is 7. The van der Waals surface area contributed by atoms with E-state index in [-0.39, 0.29) is 11.3 Å². The van der Waals surface area contributed by atoms with Crippen molar-refractivity contribution in [2.45, 2.75) is 45.8 Å². The quantitative estimate of drug-likeness (QED) is 0.797. The van der Waals surface area contributed by atoms with Crippen molar-refractivity contribution in [1.82, 2.24) is 5.32 Å². The Labute approximate surface area is 161 Å². The van der Waals surface area contributed by atoms with Crippen molar-refractivity contribution in [1.29, 1.82) is 0 Å². The Morgan fingerprint density at radius 2 is 1.63 bits per heavy atom. The van der Waals surface area contributed by atoms with Gasteiger partial charge in [-0.1, -0.05) is 39.0 Å². The van der Waals surface area contributed by atoms with Crippen LogP contribution in [-0.2, 0) is 16.8 Å². The van der Waals surface area contributed by atoms with E-state index in [1.54, 1.807) is 21.1 Å². The van der Waals surface area contributed by atoms with Crippen molar-refractivity contribution >= 4 is 5.91 Å². The lowest BCUT2D eigenvalue weighted by atomic mass is 9.87. The summed E-state index contributed by atoms with van der Waals surface area (Å²) in [4.78, 5) is 12.3.